The normalized spacial score (nSPS) is 28.0. The number of aliphatic hydroxyl groups is 1. The summed E-state index contributed by atoms with van der Waals surface area (Å²) in [7, 11) is -2.98. The van der Waals surface area contributed by atoms with Crippen molar-refractivity contribution in [3.8, 4) is 0 Å². The second-order valence-corrected chi connectivity index (χ2v) is 12.4. The molecule has 3 N–H and O–H groups in total. The van der Waals surface area contributed by atoms with E-state index in [1.165, 1.54) is 6.07 Å². The second kappa shape index (κ2) is 9.12. The summed E-state index contributed by atoms with van der Waals surface area (Å²) in [4.78, 5) is 22.7. The molecular weight excluding hydrogens is 444 g/mol. The van der Waals surface area contributed by atoms with E-state index in [1.807, 2.05) is 4.90 Å². The lowest BCUT2D eigenvalue weighted by Crippen LogP contribution is -2.61. The Hall–Kier alpha value is -2.35. The first-order valence-electron chi connectivity index (χ1n) is 11.6. The predicted molar refractivity (Wildman–Crippen MR) is 123 cm³/mol. The Labute approximate surface area is 192 Å². The highest BCUT2D eigenvalue weighted by atomic mass is 31.2. The average molecular weight is 473 g/mol. The topological polar surface area (TPSA) is 107 Å². The van der Waals surface area contributed by atoms with Crippen LogP contribution < -0.4 is 21.1 Å². The van der Waals surface area contributed by atoms with Crippen molar-refractivity contribution < 1.29 is 18.9 Å². The van der Waals surface area contributed by atoms with Crippen molar-refractivity contribution in [3.63, 3.8) is 0 Å². The van der Waals surface area contributed by atoms with Gasteiger partial charge in [0, 0.05) is 49.0 Å². The molecule has 4 atom stereocenters. The summed E-state index contributed by atoms with van der Waals surface area (Å²) in [6.07, 6.45) is 6.73. The number of nitrogens with one attached hydrogen (secondary N) is 2. The number of nitrogens with zero attached hydrogens (tertiary/aromatic N) is 3. The minimum Gasteiger partial charge on any atom is -0.387 e. The molecule has 33 heavy (non-hydrogen) atoms. The lowest BCUT2D eigenvalue weighted by molar-refractivity contribution is -0.135. The summed E-state index contributed by atoms with van der Waals surface area (Å²) in [6.45, 7) is 0.959. The zero-order chi connectivity index (χ0) is 23.0. The van der Waals surface area contributed by atoms with E-state index in [0.29, 0.717) is 36.9 Å². The number of fused-ring (bicyclic) bond motifs is 1. The van der Waals surface area contributed by atoms with Crippen molar-refractivity contribution in [3.05, 3.63) is 48.0 Å². The van der Waals surface area contributed by atoms with Crippen LogP contribution in [0.15, 0.2) is 36.7 Å². The summed E-state index contributed by atoms with van der Waals surface area (Å²) in [6, 6.07) is 5.81. The maximum absolute atomic E-state index is 14.9. The molecule has 2 aliphatic heterocycles. The highest BCUT2D eigenvalue weighted by Gasteiger charge is 2.43. The molecule has 1 amide bonds. The molecule has 2 saturated heterocycles. The molecule has 1 aliphatic carbocycles. The number of hydrogen-bond acceptors (Lipinski definition) is 7. The van der Waals surface area contributed by atoms with Crippen LogP contribution in [0.2, 0.25) is 0 Å². The Kier molecular flexibility index (Phi) is 6.20. The standard InChI is InChI=1S/C23H29FN5O3P/c24-18-7-6-15(21(30)20-16-4-1-2-5-17(16)22(31)28-27-20)14-19(18)33(32)12-10-29(11-13-33)23-25-8-3-9-26-23/h3,6-9,14,16-17,20-21,27,30H,1-2,4-5,10-13H2,(H,28,31). The molecule has 0 radical (unpaired) electrons. The zero-order valence-electron chi connectivity index (χ0n) is 18.4. The number of amides is 1. The Balaban J connectivity index is 1.36. The fraction of sp³-hybridized carbons (Fsp3) is 0.522. The summed E-state index contributed by atoms with van der Waals surface area (Å²) in [5.41, 5.74) is 6.21. The number of carbonyl (C=O) groups excluding carboxylic acids is 1. The fourth-order valence-corrected chi connectivity index (χ4v) is 8.18. The molecular formula is C23H29FN5O3P. The predicted octanol–water partition coefficient (Wildman–Crippen LogP) is 1.97. The van der Waals surface area contributed by atoms with Crippen LogP contribution in [0.5, 0.6) is 0 Å². The van der Waals surface area contributed by atoms with Gasteiger partial charge in [-0.25, -0.2) is 19.8 Å². The first-order valence-corrected chi connectivity index (χ1v) is 13.7. The van der Waals surface area contributed by atoms with Gasteiger partial charge in [0.25, 0.3) is 0 Å². The quantitative estimate of drug-likeness (QED) is 0.583. The van der Waals surface area contributed by atoms with Crippen LogP contribution in [0, 0.1) is 17.7 Å². The van der Waals surface area contributed by atoms with Gasteiger partial charge in [-0.1, -0.05) is 18.9 Å². The Bertz CT molecular complexity index is 1060. The van der Waals surface area contributed by atoms with Crippen LogP contribution in [0.1, 0.15) is 37.4 Å². The van der Waals surface area contributed by atoms with Crippen molar-refractivity contribution in [2.75, 3.05) is 30.3 Å². The highest BCUT2D eigenvalue weighted by molar-refractivity contribution is 7.71. The van der Waals surface area contributed by atoms with Crippen molar-refractivity contribution in [1.82, 2.24) is 20.8 Å². The summed E-state index contributed by atoms with van der Waals surface area (Å²) < 4.78 is 28.7. The van der Waals surface area contributed by atoms with Gasteiger partial charge in [0.1, 0.15) is 13.0 Å². The van der Waals surface area contributed by atoms with Gasteiger partial charge in [0.05, 0.1) is 12.1 Å². The summed E-state index contributed by atoms with van der Waals surface area (Å²) >= 11 is 0. The molecule has 176 valence electrons. The van der Waals surface area contributed by atoms with Gasteiger partial charge >= 0.3 is 0 Å². The molecule has 3 aliphatic rings. The minimum absolute atomic E-state index is 0.0149. The maximum atomic E-state index is 14.9. The van der Waals surface area contributed by atoms with E-state index >= 15 is 0 Å². The SMILES string of the molecule is O=C1NNC(C(O)c2ccc(F)c(P3(=O)CCN(c4ncccn4)CC3)c2)C2CCCCC12. The van der Waals surface area contributed by atoms with Crippen LogP contribution in [0.4, 0.5) is 10.3 Å². The van der Waals surface area contributed by atoms with Crippen LogP contribution in [0.3, 0.4) is 0 Å². The molecule has 8 nitrogen and oxygen atoms in total. The molecule has 10 heteroatoms. The van der Waals surface area contributed by atoms with E-state index < -0.39 is 19.1 Å². The Morgan fingerprint density at radius 1 is 1.15 bits per heavy atom. The molecule has 1 saturated carbocycles. The average Bonchev–Trinajstić information content (AvgIpc) is 2.85. The third kappa shape index (κ3) is 4.29. The zero-order valence-corrected chi connectivity index (χ0v) is 19.3. The number of carbonyl (C=O) groups is 1. The van der Waals surface area contributed by atoms with Crippen molar-refractivity contribution >= 4 is 24.3 Å². The van der Waals surface area contributed by atoms with E-state index in [9.17, 15) is 18.9 Å². The Morgan fingerprint density at radius 3 is 2.64 bits per heavy atom. The van der Waals surface area contributed by atoms with Gasteiger partial charge in [0.15, 0.2) is 0 Å². The molecule has 5 rings (SSSR count). The number of halogens is 1. The lowest BCUT2D eigenvalue weighted by atomic mass is 9.72. The van der Waals surface area contributed by atoms with Crippen LogP contribution in [0.25, 0.3) is 0 Å². The molecule has 0 bridgehead atoms. The highest BCUT2D eigenvalue weighted by Crippen LogP contribution is 2.48. The molecule has 1 aromatic carbocycles. The Morgan fingerprint density at radius 2 is 1.88 bits per heavy atom. The van der Waals surface area contributed by atoms with Gasteiger partial charge < -0.3 is 14.6 Å². The van der Waals surface area contributed by atoms with Crippen LogP contribution >= 0.6 is 7.14 Å². The number of aliphatic hydroxyl groups excluding tert-OH is 1. The third-order valence-corrected chi connectivity index (χ3v) is 10.4. The number of hydrogen-bond donors (Lipinski definition) is 3. The first kappa shape index (κ1) is 22.4. The first-order chi connectivity index (χ1) is 16.0. The molecule has 3 heterocycles. The monoisotopic (exact) mass is 473 g/mol. The maximum Gasteiger partial charge on any atom is 0.237 e. The second-order valence-electron chi connectivity index (χ2n) is 9.24. The largest absolute Gasteiger partial charge is 0.387 e. The van der Waals surface area contributed by atoms with Crippen molar-refractivity contribution in [1.29, 1.82) is 0 Å². The number of hydrazine groups is 1. The fourth-order valence-electron chi connectivity index (χ4n) is 5.50. The third-order valence-electron chi connectivity index (χ3n) is 7.37. The van der Waals surface area contributed by atoms with Gasteiger partial charge in [0.2, 0.25) is 11.9 Å². The molecule has 2 aromatic rings. The molecule has 0 spiro atoms. The van der Waals surface area contributed by atoms with Gasteiger partial charge in [-0.3, -0.25) is 10.2 Å². The summed E-state index contributed by atoms with van der Waals surface area (Å²) in [5, 5.41) is 11.4. The van der Waals surface area contributed by atoms with E-state index in [1.54, 1.807) is 30.6 Å². The van der Waals surface area contributed by atoms with Crippen molar-refractivity contribution in [2.45, 2.75) is 37.8 Å². The van der Waals surface area contributed by atoms with E-state index in [-0.39, 0.29) is 29.1 Å². The molecule has 3 fully saturated rings. The van der Waals surface area contributed by atoms with Gasteiger partial charge in [-0.15, -0.1) is 0 Å². The van der Waals surface area contributed by atoms with Gasteiger partial charge in [-0.05, 0) is 42.5 Å². The van der Waals surface area contributed by atoms with E-state index in [4.69, 9.17) is 0 Å². The van der Waals surface area contributed by atoms with Crippen LogP contribution in [-0.4, -0.2) is 52.4 Å². The van der Waals surface area contributed by atoms with Gasteiger partial charge in [-0.2, -0.15) is 0 Å². The molecule has 1 aromatic heterocycles. The van der Waals surface area contributed by atoms with Crippen molar-refractivity contribution in [2.24, 2.45) is 11.8 Å². The molecule has 4 unspecified atom stereocenters. The number of benzene rings is 1. The number of aromatic nitrogens is 2. The number of rotatable bonds is 4. The van der Waals surface area contributed by atoms with Crippen LogP contribution in [-0.2, 0) is 9.36 Å². The van der Waals surface area contributed by atoms with E-state index in [0.717, 1.165) is 25.7 Å². The smallest absolute Gasteiger partial charge is 0.237 e. The summed E-state index contributed by atoms with van der Waals surface area (Å²) in [5.74, 6) is -0.0508. The minimum atomic E-state index is -2.98. The van der Waals surface area contributed by atoms with E-state index in [2.05, 4.69) is 20.8 Å². The lowest BCUT2D eigenvalue weighted by Gasteiger charge is -2.43. The number of anilines is 1.